The van der Waals surface area contributed by atoms with Crippen LogP contribution in [0.3, 0.4) is 0 Å². The third-order valence-corrected chi connectivity index (χ3v) is 5.87. The number of fused-ring (bicyclic) bond motifs is 1. The van der Waals surface area contributed by atoms with E-state index in [0.29, 0.717) is 22.7 Å². The number of amides is 1. The second-order valence-electron chi connectivity index (χ2n) is 8.54. The van der Waals surface area contributed by atoms with Gasteiger partial charge in [0, 0.05) is 30.9 Å². The molecule has 5 atom stereocenters. The normalized spacial score (nSPS) is 22.2. The number of carbonyl (C=O) groups is 1. The van der Waals surface area contributed by atoms with Crippen LogP contribution in [0.5, 0.6) is 0 Å². The third-order valence-electron chi connectivity index (χ3n) is 5.87. The molecule has 4 heterocycles. The zero-order chi connectivity index (χ0) is 25.8. The lowest BCUT2D eigenvalue weighted by Crippen LogP contribution is -2.53. The molecule has 0 aliphatic carbocycles. The molecule has 1 fully saturated rings. The summed E-state index contributed by atoms with van der Waals surface area (Å²) in [5.41, 5.74) is 16.8. The second-order valence-corrected chi connectivity index (χ2v) is 8.54. The minimum Gasteiger partial charge on any atom is -0.394 e. The van der Waals surface area contributed by atoms with Gasteiger partial charge in [-0.05, 0) is 29.6 Å². The number of hydrogen-bond acceptors (Lipinski definition) is 11. The lowest BCUT2D eigenvalue weighted by molar-refractivity contribution is -0.124. The lowest BCUT2D eigenvalue weighted by Gasteiger charge is -2.23. The van der Waals surface area contributed by atoms with Gasteiger partial charge in [0.1, 0.15) is 18.5 Å². The van der Waals surface area contributed by atoms with Crippen molar-refractivity contribution in [1.29, 1.82) is 0 Å². The van der Waals surface area contributed by atoms with Gasteiger partial charge in [0.05, 0.1) is 31.6 Å². The first-order valence-electron chi connectivity index (χ1n) is 11.1. The molecule has 1 aliphatic heterocycles. The Bertz CT molecular complexity index is 1280. The number of anilines is 1. The van der Waals surface area contributed by atoms with E-state index in [1.54, 1.807) is 27.8 Å². The number of aromatic nitrogens is 5. The lowest BCUT2D eigenvalue weighted by atomic mass is 10.0. The van der Waals surface area contributed by atoms with E-state index in [1.165, 1.54) is 12.7 Å². The molecular weight excluding hydrogens is 470 g/mol. The molecule has 2 unspecified atom stereocenters. The molecule has 1 aliphatic rings. The van der Waals surface area contributed by atoms with Crippen LogP contribution in [0.2, 0.25) is 0 Å². The molecule has 0 aromatic carbocycles. The number of nitrogens with two attached hydrogens (primary N) is 1. The minimum atomic E-state index is -1.22. The first-order chi connectivity index (χ1) is 17.3. The van der Waals surface area contributed by atoms with Gasteiger partial charge in [-0.2, -0.15) is 0 Å². The molecule has 190 valence electrons. The van der Waals surface area contributed by atoms with Crippen molar-refractivity contribution in [2.24, 2.45) is 10.8 Å². The van der Waals surface area contributed by atoms with E-state index in [0.717, 1.165) is 5.56 Å². The number of aliphatic hydroxyl groups is 2. The predicted octanol–water partition coefficient (Wildman–Crippen LogP) is -0.597. The molecule has 15 heteroatoms. The van der Waals surface area contributed by atoms with Crippen molar-refractivity contribution in [3.05, 3.63) is 52.7 Å². The van der Waals surface area contributed by atoms with Crippen LogP contribution in [0.25, 0.3) is 21.6 Å². The van der Waals surface area contributed by atoms with Crippen LogP contribution >= 0.6 is 0 Å². The Morgan fingerprint density at radius 1 is 1.39 bits per heavy atom. The maximum absolute atomic E-state index is 12.9. The molecule has 5 N–H and O–H groups in total. The molecular formula is C21H27N11O4. The molecule has 0 spiro atoms. The monoisotopic (exact) mass is 497 g/mol. The summed E-state index contributed by atoms with van der Waals surface area (Å²) in [6.07, 6.45) is 1.53. The summed E-state index contributed by atoms with van der Waals surface area (Å²) in [6.45, 7) is -0.355. The summed E-state index contributed by atoms with van der Waals surface area (Å²) in [5.74, 6) is 0.0716. The number of hydrogen-bond donors (Lipinski definition) is 4. The van der Waals surface area contributed by atoms with Gasteiger partial charge in [-0.25, -0.2) is 15.0 Å². The van der Waals surface area contributed by atoms with Gasteiger partial charge < -0.3 is 30.9 Å². The molecule has 15 nitrogen and oxygen atoms in total. The van der Waals surface area contributed by atoms with E-state index in [9.17, 15) is 15.0 Å². The van der Waals surface area contributed by atoms with E-state index in [4.69, 9.17) is 16.0 Å². The van der Waals surface area contributed by atoms with Crippen LogP contribution in [-0.4, -0.2) is 85.6 Å². The van der Waals surface area contributed by atoms with E-state index < -0.39 is 43.0 Å². The smallest absolute Gasteiger partial charge is 0.237 e. The molecule has 1 saturated heterocycles. The van der Waals surface area contributed by atoms with Crippen molar-refractivity contribution < 1.29 is 19.7 Å². The minimum absolute atomic E-state index is 0.0842. The number of azide groups is 1. The van der Waals surface area contributed by atoms with Crippen LogP contribution < -0.4 is 16.0 Å². The highest BCUT2D eigenvalue weighted by molar-refractivity contribution is 5.83. The summed E-state index contributed by atoms with van der Waals surface area (Å²) in [7, 11) is 3.65. The molecule has 36 heavy (non-hydrogen) atoms. The number of ether oxygens (including phenoxy) is 1. The second kappa shape index (κ2) is 10.8. The Balaban J connectivity index is 1.48. The Labute approximate surface area is 205 Å². The predicted molar refractivity (Wildman–Crippen MR) is 127 cm³/mol. The molecule has 4 rings (SSSR count). The van der Waals surface area contributed by atoms with Gasteiger partial charge in [-0.15, -0.1) is 0 Å². The van der Waals surface area contributed by atoms with Crippen LogP contribution in [0.15, 0.2) is 36.1 Å². The number of imidazole rings is 1. The Hall–Kier alpha value is -3.88. The largest absolute Gasteiger partial charge is 0.394 e. The summed E-state index contributed by atoms with van der Waals surface area (Å²) in [6, 6.07) is 1.54. The molecule has 3 aromatic heterocycles. The highest BCUT2D eigenvalue weighted by atomic mass is 16.5. The Morgan fingerprint density at radius 3 is 2.92 bits per heavy atom. The number of aliphatic hydroxyl groups excluding tert-OH is 2. The van der Waals surface area contributed by atoms with E-state index >= 15 is 0 Å². The topological polar surface area (TPSA) is 213 Å². The summed E-state index contributed by atoms with van der Waals surface area (Å²) in [4.78, 5) is 34.3. The van der Waals surface area contributed by atoms with Gasteiger partial charge in [0.15, 0.2) is 23.2 Å². The molecule has 1 amide bonds. The first-order valence-corrected chi connectivity index (χ1v) is 11.1. The fourth-order valence-corrected chi connectivity index (χ4v) is 4.12. The number of rotatable bonds is 9. The van der Waals surface area contributed by atoms with Crippen molar-refractivity contribution in [2.45, 2.75) is 43.5 Å². The molecule has 3 aromatic rings. The maximum Gasteiger partial charge on any atom is 0.237 e. The fraction of sp³-hybridized carbons (Fsp3) is 0.476. The maximum atomic E-state index is 12.9. The quantitative estimate of drug-likeness (QED) is 0.167. The van der Waals surface area contributed by atoms with Crippen LogP contribution in [0.4, 0.5) is 5.82 Å². The summed E-state index contributed by atoms with van der Waals surface area (Å²) in [5, 5.41) is 27.1. The highest BCUT2D eigenvalue weighted by Crippen LogP contribution is 2.32. The number of carbonyl (C=O) groups excluding carboxylic acids is 1. The highest BCUT2D eigenvalue weighted by Gasteiger charge is 2.46. The third kappa shape index (κ3) is 5.05. The van der Waals surface area contributed by atoms with Crippen molar-refractivity contribution in [1.82, 2.24) is 29.8 Å². The average Bonchev–Trinajstić information content (AvgIpc) is 3.43. The van der Waals surface area contributed by atoms with Gasteiger partial charge in [-0.3, -0.25) is 14.3 Å². The van der Waals surface area contributed by atoms with Crippen molar-refractivity contribution in [3.63, 3.8) is 0 Å². The molecule has 0 bridgehead atoms. The van der Waals surface area contributed by atoms with E-state index in [-0.39, 0.29) is 13.0 Å². The van der Waals surface area contributed by atoms with Crippen molar-refractivity contribution >= 4 is 22.9 Å². The van der Waals surface area contributed by atoms with Gasteiger partial charge in [0.25, 0.3) is 0 Å². The SMILES string of the molecule is CN(C)c1ncnc2c1ncn2[C@@H]1O[C@H](CO)C(NC(=O)C(N)Cc2ccnc(CN=[N+]=[N-])c2)[C@@H]1O. The van der Waals surface area contributed by atoms with Gasteiger partial charge in [0.2, 0.25) is 5.91 Å². The molecule has 0 radical (unpaired) electrons. The van der Waals surface area contributed by atoms with Gasteiger partial charge in [-0.1, -0.05) is 5.11 Å². The summed E-state index contributed by atoms with van der Waals surface area (Å²) >= 11 is 0. The first kappa shape index (κ1) is 25.2. The van der Waals surface area contributed by atoms with Crippen molar-refractivity contribution in [2.75, 3.05) is 25.6 Å². The van der Waals surface area contributed by atoms with Crippen molar-refractivity contribution in [3.8, 4) is 0 Å². The zero-order valence-electron chi connectivity index (χ0n) is 19.7. The van der Waals surface area contributed by atoms with Crippen LogP contribution in [-0.2, 0) is 22.5 Å². The average molecular weight is 498 g/mol. The van der Waals surface area contributed by atoms with Crippen LogP contribution in [0, 0.1) is 0 Å². The van der Waals surface area contributed by atoms with Crippen LogP contribution in [0.1, 0.15) is 17.5 Å². The van der Waals surface area contributed by atoms with Gasteiger partial charge >= 0.3 is 0 Å². The van der Waals surface area contributed by atoms with E-state index in [2.05, 4.69) is 35.3 Å². The fourth-order valence-electron chi connectivity index (χ4n) is 4.12. The Kier molecular flexibility index (Phi) is 7.57. The number of nitrogens with zero attached hydrogens (tertiary/aromatic N) is 9. The van der Waals surface area contributed by atoms with E-state index in [1.807, 2.05) is 14.1 Å². The number of pyridine rings is 1. The Morgan fingerprint density at radius 2 is 2.19 bits per heavy atom. The standard InChI is InChI=1S/C21H27N11O4/c1-31(2)18-16-19(26-9-25-18)32(10-27-16)21-17(34)15(14(8-33)36-21)29-20(35)13(22)6-11-3-4-24-12(5-11)7-28-30-23/h3-5,9-10,13-15,17,21,33-34H,6-8,22H2,1-2H3,(H,29,35)/t13?,14-,15?,17+,21-/m1/s1. The number of nitrogens with one attached hydrogen (secondary N) is 1. The zero-order valence-corrected chi connectivity index (χ0v) is 19.7. The molecule has 0 saturated carbocycles. The summed E-state index contributed by atoms with van der Waals surface area (Å²) < 4.78 is 7.43.